The molecule has 1 aromatic heterocycles. The highest BCUT2D eigenvalue weighted by Crippen LogP contribution is 2.45. The van der Waals surface area contributed by atoms with Gasteiger partial charge in [0.1, 0.15) is 11.6 Å². The van der Waals surface area contributed by atoms with E-state index in [0.717, 1.165) is 61.1 Å². The van der Waals surface area contributed by atoms with E-state index in [-0.39, 0.29) is 23.1 Å². The van der Waals surface area contributed by atoms with Gasteiger partial charge in [-0.05, 0) is 60.7 Å². The molecule has 3 heterocycles. The highest BCUT2D eigenvalue weighted by atomic mass is 19.1. The first-order valence-corrected chi connectivity index (χ1v) is 10.5. The standard InChI is InChI=1S/C24H25F2N3O/c1-16(30)29-11-8-21-20-7-6-19(26)14-22(20)27-23(21)24(29)9-12-28(13-10-24)15-17-2-4-18(25)5-3-17/h2-7,14,27H,8-13,15H2,1H3. The van der Waals surface area contributed by atoms with Crippen LogP contribution in [0.5, 0.6) is 0 Å². The molecule has 1 amide bonds. The number of H-pyrrole nitrogens is 1. The molecule has 1 N–H and O–H groups in total. The van der Waals surface area contributed by atoms with Crippen LogP contribution in [0.1, 0.15) is 36.6 Å². The van der Waals surface area contributed by atoms with Gasteiger partial charge >= 0.3 is 0 Å². The lowest BCUT2D eigenvalue weighted by Gasteiger charge is -2.51. The fourth-order valence-electron chi connectivity index (χ4n) is 5.37. The van der Waals surface area contributed by atoms with E-state index in [0.29, 0.717) is 6.54 Å². The Morgan fingerprint density at radius 2 is 1.73 bits per heavy atom. The molecule has 30 heavy (non-hydrogen) atoms. The lowest BCUT2D eigenvalue weighted by Crippen LogP contribution is -2.57. The zero-order valence-electron chi connectivity index (χ0n) is 17.0. The van der Waals surface area contributed by atoms with E-state index in [2.05, 4.69) is 9.88 Å². The van der Waals surface area contributed by atoms with Crippen LogP contribution in [0, 0.1) is 11.6 Å². The number of fused-ring (bicyclic) bond motifs is 4. The molecule has 156 valence electrons. The van der Waals surface area contributed by atoms with Crippen molar-refractivity contribution >= 4 is 16.8 Å². The molecular formula is C24H25F2N3O. The normalized spacial score (nSPS) is 18.7. The van der Waals surface area contributed by atoms with Crippen molar-refractivity contribution in [2.24, 2.45) is 0 Å². The summed E-state index contributed by atoms with van der Waals surface area (Å²) in [6.45, 7) is 4.76. The summed E-state index contributed by atoms with van der Waals surface area (Å²) in [7, 11) is 0. The molecule has 0 atom stereocenters. The van der Waals surface area contributed by atoms with Crippen LogP contribution >= 0.6 is 0 Å². The smallest absolute Gasteiger partial charge is 0.220 e. The number of hydrogen-bond acceptors (Lipinski definition) is 2. The molecule has 0 radical (unpaired) electrons. The molecule has 0 bridgehead atoms. The van der Waals surface area contributed by atoms with Crippen molar-refractivity contribution in [2.45, 2.75) is 38.3 Å². The number of hydrogen-bond donors (Lipinski definition) is 1. The van der Waals surface area contributed by atoms with E-state index in [1.807, 2.05) is 23.1 Å². The lowest BCUT2D eigenvalue weighted by molar-refractivity contribution is -0.139. The van der Waals surface area contributed by atoms with Gasteiger partial charge in [-0.15, -0.1) is 0 Å². The van der Waals surface area contributed by atoms with Crippen LogP contribution in [-0.2, 0) is 23.3 Å². The minimum Gasteiger partial charge on any atom is -0.356 e. The van der Waals surface area contributed by atoms with Crippen LogP contribution in [0.2, 0.25) is 0 Å². The highest BCUT2D eigenvalue weighted by molar-refractivity contribution is 5.86. The number of piperidine rings is 1. The number of carbonyl (C=O) groups excluding carboxylic acids is 1. The first-order valence-electron chi connectivity index (χ1n) is 10.5. The van der Waals surface area contributed by atoms with Crippen LogP contribution in [0.3, 0.4) is 0 Å². The van der Waals surface area contributed by atoms with E-state index >= 15 is 0 Å². The third-order valence-electron chi connectivity index (χ3n) is 6.82. The number of halogens is 2. The predicted molar refractivity (Wildman–Crippen MR) is 112 cm³/mol. The number of carbonyl (C=O) groups is 1. The summed E-state index contributed by atoms with van der Waals surface area (Å²) in [4.78, 5) is 20.4. The molecule has 6 heteroatoms. The maximum Gasteiger partial charge on any atom is 0.220 e. The fourth-order valence-corrected chi connectivity index (χ4v) is 5.37. The van der Waals surface area contributed by atoms with E-state index in [1.54, 1.807) is 13.0 Å². The SMILES string of the molecule is CC(=O)N1CCc2c([nH]c3cc(F)ccc23)C12CCN(Cc1ccc(F)cc1)CC2. The van der Waals surface area contributed by atoms with Crippen LogP contribution in [0.4, 0.5) is 8.78 Å². The predicted octanol–water partition coefficient (Wildman–Crippen LogP) is 4.34. The molecule has 0 unspecified atom stereocenters. The average molecular weight is 409 g/mol. The third-order valence-corrected chi connectivity index (χ3v) is 6.82. The molecule has 2 aromatic carbocycles. The minimum absolute atomic E-state index is 0.0810. The van der Waals surface area contributed by atoms with Crippen LogP contribution in [0.15, 0.2) is 42.5 Å². The van der Waals surface area contributed by atoms with Gasteiger partial charge in [-0.25, -0.2) is 8.78 Å². The highest BCUT2D eigenvalue weighted by Gasteiger charge is 2.47. The molecular weight excluding hydrogens is 384 g/mol. The van der Waals surface area contributed by atoms with Crippen molar-refractivity contribution in [3.8, 4) is 0 Å². The Morgan fingerprint density at radius 1 is 1.03 bits per heavy atom. The molecule has 4 nitrogen and oxygen atoms in total. The van der Waals surface area contributed by atoms with E-state index < -0.39 is 0 Å². The summed E-state index contributed by atoms with van der Waals surface area (Å²) in [5.41, 5.74) is 3.80. The van der Waals surface area contributed by atoms with Crippen molar-refractivity contribution in [1.82, 2.24) is 14.8 Å². The molecule has 0 saturated carbocycles. The van der Waals surface area contributed by atoms with Crippen LogP contribution < -0.4 is 0 Å². The van der Waals surface area contributed by atoms with Gasteiger partial charge in [-0.2, -0.15) is 0 Å². The first-order chi connectivity index (χ1) is 14.5. The minimum atomic E-state index is -0.381. The van der Waals surface area contributed by atoms with Crippen molar-refractivity contribution in [2.75, 3.05) is 19.6 Å². The Balaban J connectivity index is 1.46. The number of aromatic nitrogens is 1. The van der Waals surface area contributed by atoms with E-state index in [4.69, 9.17) is 0 Å². The maximum atomic E-state index is 13.8. The summed E-state index contributed by atoms with van der Waals surface area (Å²) in [5.74, 6) is -0.399. The Morgan fingerprint density at radius 3 is 2.43 bits per heavy atom. The molecule has 1 saturated heterocycles. The number of amides is 1. The summed E-state index contributed by atoms with van der Waals surface area (Å²) < 4.78 is 27.0. The van der Waals surface area contributed by atoms with Gasteiger partial charge in [-0.3, -0.25) is 9.69 Å². The quantitative estimate of drug-likeness (QED) is 0.684. The van der Waals surface area contributed by atoms with Gasteiger partial charge in [0.2, 0.25) is 5.91 Å². The Kier molecular flexibility index (Phi) is 4.62. The van der Waals surface area contributed by atoms with Crippen molar-refractivity contribution in [1.29, 1.82) is 0 Å². The number of nitrogens with one attached hydrogen (secondary N) is 1. The molecule has 3 aromatic rings. The van der Waals surface area contributed by atoms with Gasteiger partial charge < -0.3 is 9.88 Å². The second kappa shape index (κ2) is 7.20. The number of nitrogens with zero attached hydrogens (tertiary/aromatic N) is 2. The van der Waals surface area contributed by atoms with E-state index in [9.17, 15) is 13.6 Å². The molecule has 2 aliphatic rings. The van der Waals surface area contributed by atoms with Gasteiger partial charge in [0.25, 0.3) is 0 Å². The van der Waals surface area contributed by atoms with Crippen molar-refractivity contribution in [3.63, 3.8) is 0 Å². The monoisotopic (exact) mass is 409 g/mol. The molecule has 0 aliphatic carbocycles. The Labute approximate surface area is 174 Å². The molecule has 1 spiro atoms. The van der Waals surface area contributed by atoms with Crippen LogP contribution in [0.25, 0.3) is 10.9 Å². The fraction of sp³-hybridized carbons (Fsp3) is 0.375. The topological polar surface area (TPSA) is 39.3 Å². The lowest BCUT2D eigenvalue weighted by atomic mass is 9.77. The number of likely N-dealkylation sites (tertiary alicyclic amines) is 1. The largest absolute Gasteiger partial charge is 0.356 e. The summed E-state index contributed by atoms with van der Waals surface area (Å²) in [6.07, 6.45) is 2.41. The number of benzene rings is 2. The van der Waals surface area contributed by atoms with Gasteiger partial charge in [-0.1, -0.05) is 12.1 Å². The summed E-state index contributed by atoms with van der Waals surface area (Å²) in [5, 5.41) is 1.06. The number of aromatic amines is 1. The van der Waals surface area contributed by atoms with Crippen LogP contribution in [-0.4, -0.2) is 40.3 Å². The van der Waals surface area contributed by atoms with Crippen molar-refractivity contribution in [3.05, 3.63) is 70.9 Å². The van der Waals surface area contributed by atoms with Gasteiger partial charge in [0.05, 0.1) is 5.54 Å². The zero-order chi connectivity index (χ0) is 20.9. The molecule has 5 rings (SSSR count). The van der Waals surface area contributed by atoms with Crippen molar-refractivity contribution < 1.29 is 13.6 Å². The van der Waals surface area contributed by atoms with Gasteiger partial charge in [0, 0.05) is 49.7 Å². The van der Waals surface area contributed by atoms with E-state index in [1.165, 1.54) is 23.8 Å². The first kappa shape index (κ1) is 19.2. The zero-order valence-corrected chi connectivity index (χ0v) is 17.0. The Bertz CT molecular complexity index is 1100. The maximum absolute atomic E-state index is 13.8. The number of rotatable bonds is 2. The summed E-state index contributed by atoms with van der Waals surface area (Å²) >= 11 is 0. The summed E-state index contributed by atoms with van der Waals surface area (Å²) in [6, 6.07) is 11.5. The molecule has 2 aliphatic heterocycles. The molecule has 1 fully saturated rings. The third kappa shape index (κ3) is 3.10. The Hall–Kier alpha value is -2.73. The van der Waals surface area contributed by atoms with Gasteiger partial charge in [0.15, 0.2) is 0 Å². The second-order valence-electron chi connectivity index (χ2n) is 8.52. The average Bonchev–Trinajstić information content (AvgIpc) is 3.10. The second-order valence-corrected chi connectivity index (χ2v) is 8.52.